The van der Waals surface area contributed by atoms with Gasteiger partial charge in [-0.05, 0) is 6.92 Å². The average molecular weight is 238 g/mol. The van der Waals surface area contributed by atoms with Crippen molar-refractivity contribution in [3.63, 3.8) is 0 Å². The smallest absolute Gasteiger partial charge is 0.307 e. The van der Waals surface area contributed by atoms with Crippen LogP contribution in [0.2, 0.25) is 0 Å². The Morgan fingerprint density at radius 2 is 2.07 bits per heavy atom. The van der Waals surface area contributed by atoms with Crippen LogP contribution in [0.1, 0.15) is 10.6 Å². The molecule has 0 aliphatic rings. The Labute approximate surface area is 86.6 Å². The number of halogens is 1. The van der Waals surface area contributed by atoms with Gasteiger partial charge >= 0.3 is 10.2 Å². The van der Waals surface area contributed by atoms with Gasteiger partial charge < -0.3 is 4.90 Å². The van der Waals surface area contributed by atoms with Gasteiger partial charge in [0.2, 0.25) is 0 Å². The Bertz CT molecular complexity index is 425. The molecule has 0 aromatic carbocycles. The Kier molecular flexibility index (Phi) is 3.10. The zero-order valence-electron chi connectivity index (χ0n) is 8.11. The summed E-state index contributed by atoms with van der Waals surface area (Å²) in [6, 6.07) is 0. The number of anilines is 1. The van der Waals surface area contributed by atoms with Crippen LogP contribution in [-0.2, 0) is 16.0 Å². The maximum absolute atomic E-state index is 12.4. The maximum atomic E-state index is 12.4. The van der Waals surface area contributed by atoms with Crippen LogP contribution in [0, 0.1) is 6.92 Å². The molecule has 0 fully saturated rings. The monoisotopic (exact) mass is 238 g/mol. The van der Waals surface area contributed by atoms with Crippen LogP contribution in [-0.4, -0.2) is 27.5 Å². The van der Waals surface area contributed by atoms with Gasteiger partial charge in [-0.3, -0.25) is 0 Å². The molecule has 0 saturated carbocycles. The molecule has 7 heteroatoms. The zero-order chi connectivity index (χ0) is 10.9. The van der Waals surface area contributed by atoms with E-state index in [-0.39, 0.29) is 0 Å². The van der Waals surface area contributed by atoms with E-state index in [0.29, 0.717) is 15.7 Å². The van der Waals surface area contributed by atoms with Gasteiger partial charge in [-0.15, -0.1) is 15.2 Å². The third-order valence-electron chi connectivity index (χ3n) is 1.57. The molecule has 4 nitrogen and oxygen atoms in total. The lowest BCUT2D eigenvalue weighted by Gasteiger charge is -2.04. The first kappa shape index (κ1) is 11.4. The van der Waals surface area contributed by atoms with Gasteiger partial charge in [0.1, 0.15) is 5.75 Å². The van der Waals surface area contributed by atoms with Gasteiger partial charge in [0.15, 0.2) is 5.13 Å². The van der Waals surface area contributed by atoms with Crippen molar-refractivity contribution in [2.24, 2.45) is 0 Å². The summed E-state index contributed by atoms with van der Waals surface area (Å²) in [6.45, 7) is 1.67. The minimum Gasteiger partial charge on any atom is -0.354 e. The van der Waals surface area contributed by atoms with Crippen LogP contribution in [0.25, 0.3) is 0 Å². The lowest BCUT2D eigenvalue weighted by molar-refractivity contribution is 0.551. The summed E-state index contributed by atoms with van der Waals surface area (Å²) >= 11 is 1.19. The fourth-order valence-electron chi connectivity index (χ4n) is 0.894. The second-order valence-electron chi connectivity index (χ2n) is 3.08. The van der Waals surface area contributed by atoms with Crippen molar-refractivity contribution in [1.29, 1.82) is 0 Å². The maximum Gasteiger partial charge on any atom is 0.307 e. The molecule has 0 spiro atoms. The highest BCUT2D eigenvalue weighted by Gasteiger charge is 2.16. The average Bonchev–Trinajstić information content (AvgIpc) is 2.29. The predicted octanol–water partition coefficient (Wildman–Crippen LogP) is 1.32. The molecule has 1 heterocycles. The lowest BCUT2D eigenvalue weighted by Crippen LogP contribution is -2.07. The number of nitrogens with zero attached hydrogens (tertiary/aromatic N) is 2. The molecule has 1 aromatic rings. The predicted molar refractivity (Wildman–Crippen MR) is 54.9 cm³/mol. The third kappa shape index (κ3) is 2.91. The molecular formula is C7H11FN2O2S2. The Balaban J connectivity index is 3.00. The molecule has 0 amide bonds. The second kappa shape index (κ2) is 3.82. The number of rotatable bonds is 3. The van der Waals surface area contributed by atoms with Gasteiger partial charge in [-0.25, -0.2) is 4.98 Å². The standard InChI is InChI=1S/C7H11FN2O2S2/c1-5-6(4-14(8,11)12)13-7(9-5)10(2)3/h4H2,1-3H3. The first-order chi connectivity index (χ1) is 6.29. The van der Waals surface area contributed by atoms with Crippen LogP contribution in [0.3, 0.4) is 0 Å². The molecule has 0 radical (unpaired) electrons. The van der Waals surface area contributed by atoms with Crippen molar-refractivity contribution < 1.29 is 12.3 Å². The van der Waals surface area contributed by atoms with Crippen molar-refractivity contribution in [3.05, 3.63) is 10.6 Å². The van der Waals surface area contributed by atoms with E-state index in [2.05, 4.69) is 4.98 Å². The van der Waals surface area contributed by atoms with Crippen molar-refractivity contribution in [2.75, 3.05) is 19.0 Å². The quantitative estimate of drug-likeness (QED) is 0.745. The minimum absolute atomic E-state index is 0.455. The van der Waals surface area contributed by atoms with Crippen molar-refractivity contribution in [1.82, 2.24) is 4.98 Å². The molecule has 0 aliphatic carbocycles. The van der Waals surface area contributed by atoms with Crippen molar-refractivity contribution in [3.8, 4) is 0 Å². The van der Waals surface area contributed by atoms with E-state index in [1.54, 1.807) is 25.9 Å². The molecule has 0 aliphatic heterocycles. The van der Waals surface area contributed by atoms with Gasteiger partial charge in [0, 0.05) is 19.0 Å². The molecule has 14 heavy (non-hydrogen) atoms. The van der Waals surface area contributed by atoms with E-state index in [0.717, 1.165) is 0 Å². The van der Waals surface area contributed by atoms with Gasteiger partial charge in [0.05, 0.1) is 5.69 Å². The first-order valence-corrected chi connectivity index (χ1v) is 6.22. The summed E-state index contributed by atoms with van der Waals surface area (Å²) in [5, 5.41) is 0.682. The molecule has 0 atom stereocenters. The number of aryl methyl sites for hydroxylation is 1. The zero-order valence-corrected chi connectivity index (χ0v) is 9.75. The second-order valence-corrected chi connectivity index (χ2v) is 5.51. The third-order valence-corrected chi connectivity index (χ3v) is 3.71. The number of aromatic nitrogens is 1. The summed E-state index contributed by atoms with van der Waals surface area (Å²) in [6.07, 6.45) is 0. The van der Waals surface area contributed by atoms with Crippen LogP contribution in [0.4, 0.5) is 9.02 Å². The summed E-state index contributed by atoms with van der Waals surface area (Å²) in [5.41, 5.74) is 0.569. The summed E-state index contributed by atoms with van der Waals surface area (Å²) in [7, 11) is -0.865. The topological polar surface area (TPSA) is 50.3 Å². The number of hydrogen-bond acceptors (Lipinski definition) is 5. The van der Waals surface area contributed by atoms with Crippen LogP contribution < -0.4 is 4.90 Å². The number of hydrogen-bond donors (Lipinski definition) is 0. The molecule has 1 aromatic heterocycles. The van der Waals surface area contributed by atoms with E-state index in [9.17, 15) is 12.3 Å². The fourth-order valence-corrected chi connectivity index (χ4v) is 2.85. The Morgan fingerprint density at radius 3 is 2.43 bits per heavy atom. The van der Waals surface area contributed by atoms with E-state index >= 15 is 0 Å². The van der Waals surface area contributed by atoms with Crippen molar-refractivity contribution in [2.45, 2.75) is 12.7 Å². The fraction of sp³-hybridized carbons (Fsp3) is 0.571. The molecule has 80 valence electrons. The van der Waals surface area contributed by atoms with E-state index in [1.165, 1.54) is 11.3 Å². The Hall–Kier alpha value is -0.690. The van der Waals surface area contributed by atoms with Gasteiger partial charge in [-0.2, -0.15) is 8.42 Å². The molecule has 1 rings (SSSR count). The summed E-state index contributed by atoms with van der Waals surface area (Å²) < 4.78 is 33.3. The van der Waals surface area contributed by atoms with Crippen LogP contribution in [0.15, 0.2) is 0 Å². The largest absolute Gasteiger partial charge is 0.354 e. The minimum atomic E-state index is -4.46. The normalized spacial score (nSPS) is 11.7. The first-order valence-electron chi connectivity index (χ1n) is 3.85. The highest BCUT2D eigenvalue weighted by Crippen LogP contribution is 2.26. The summed E-state index contributed by atoms with van der Waals surface area (Å²) in [5.74, 6) is -0.579. The SMILES string of the molecule is Cc1nc(N(C)C)sc1CS(=O)(=O)F. The number of thiazole rings is 1. The lowest BCUT2D eigenvalue weighted by atomic mass is 10.4. The van der Waals surface area contributed by atoms with Crippen LogP contribution in [0.5, 0.6) is 0 Å². The molecule has 0 N–H and O–H groups in total. The van der Waals surface area contributed by atoms with E-state index in [1.807, 2.05) is 0 Å². The molecule has 0 bridgehead atoms. The molecular weight excluding hydrogens is 227 g/mol. The summed E-state index contributed by atoms with van der Waals surface area (Å²) in [4.78, 5) is 6.32. The van der Waals surface area contributed by atoms with Crippen molar-refractivity contribution >= 4 is 26.7 Å². The molecule has 0 unspecified atom stereocenters. The highest BCUT2D eigenvalue weighted by molar-refractivity contribution is 7.85. The Morgan fingerprint density at radius 1 is 1.50 bits per heavy atom. The highest BCUT2D eigenvalue weighted by atomic mass is 32.3. The van der Waals surface area contributed by atoms with E-state index < -0.39 is 16.0 Å². The van der Waals surface area contributed by atoms with Crippen LogP contribution >= 0.6 is 11.3 Å². The molecule has 0 saturated heterocycles. The van der Waals surface area contributed by atoms with Gasteiger partial charge in [0.25, 0.3) is 0 Å². The van der Waals surface area contributed by atoms with Gasteiger partial charge in [-0.1, -0.05) is 0 Å². The van der Waals surface area contributed by atoms with E-state index in [4.69, 9.17) is 0 Å².